The predicted molar refractivity (Wildman–Crippen MR) is 77.9 cm³/mol. The van der Waals surface area contributed by atoms with Gasteiger partial charge in [-0.15, -0.1) is 0 Å². The number of hydrogen-bond donors (Lipinski definition) is 0. The normalized spacial score (nSPS) is 10.1. The minimum Gasteiger partial charge on any atom is -0.437 e. The zero-order valence-corrected chi connectivity index (χ0v) is 11.3. The summed E-state index contributed by atoms with van der Waals surface area (Å²) >= 11 is 0. The lowest BCUT2D eigenvalue weighted by molar-refractivity contribution is 0.121. The first kappa shape index (κ1) is 14.3. The molecule has 0 aliphatic rings. The Kier molecular flexibility index (Phi) is 4.67. The first-order chi connectivity index (χ1) is 10.2. The fourth-order valence-electron chi connectivity index (χ4n) is 1.53. The van der Waals surface area contributed by atoms with Gasteiger partial charge in [-0.05, 0) is 54.1 Å². The topological polar surface area (TPSA) is 71.7 Å². The van der Waals surface area contributed by atoms with Crippen molar-refractivity contribution in [1.82, 2.24) is 0 Å². The molecule has 5 heteroatoms. The molecule has 2 aromatic rings. The number of methoxy groups -OCH3 is 1. The first-order valence-corrected chi connectivity index (χ1v) is 6.11. The number of benzene rings is 2. The van der Waals surface area contributed by atoms with E-state index in [1.165, 1.54) is 7.11 Å². The molecule has 2 rings (SSSR count). The molecular formula is C16H12N2O3. The third kappa shape index (κ3) is 4.18. The molecule has 0 N–H and O–H groups in total. The van der Waals surface area contributed by atoms with E-state index in [2.05, 4.69) is 15.8 Å². The Balaban J connectivity index is 2.03. The largest absolute Gasteiger partial charge is 0.513 e. The number of aliphatic imine (C=N–C) groups is 1. The van der Waals surface area contributed by atoms with Crippen LogP contribution in [0.15, 0.2) is 53.5 Å². The highest BCUT2D eigenvalue weighted by atomic mass is 16.7. The second kappa shape index (κ2) is 6.87. The molecule has 2 aromatic carbocycles. The lowest BCUT2D eigenvalue weighted by Gasteiger charge is -2.02. The summed E-state index contributed by atoms with van der Waals surface area (Å²) in [5.41, 5.74) is 2.21. The first-order valence-electron chi connectivity index (χ1n) is 6.11. The second-order valence-electron chi connectivity index (χ2n) is 4.04. The van der Waals surface area contributed by atoms with Crippen LogP contribution in [-0.2, 0) is 4.74 Å². The van der Waals surface area contributed by atoms with Crippen molar-refractivity contribution in [2.24, 2.45) is 4.99 Å². The third-order valence-corrected chi connectivity index (χ3v) is 2.61. The zero-order chi connectivity index (χ0) is 15.1. The van der Waals surface area contributed by atoms with E-state index in [-0.39, 0.29) is 0 Å². The van der Waals surface area contributed by atoms with Gasteiger partial charge in [-0.3, -0.25) is 4.99 Å². The van der Waals surface area contributed by atoms with Gasteiger partial charge in [-0.2, -0.15) is 5.26 Å². The highest BCUT2D eigenvalue weighted by Crippen LogP contribution is 2.15. The molecule has 104 valence electrons. The van der Waals surface area contributed by atoms with Crippen LogP contribution in [0.4, 0.5) is 10.5 Å². The molecule has 0 fully saturated rings. The molecule has 0 bridgehead atoms. The van der Waals surface area contributed by atoms with Gasteiger partial charge in [0, 0.05) is 6.21 Å². The van der Waals surface area contributed by atoms with Gasteiger partial charge in [0.05, 0.1) is 24.4 Å². The molecule has 0 atom stereocenters. The van der Waals surface area contributed by atoms with Crippen LogP contribution in [0.2, 0.25) is 0 Å². The Morgan fingerprint density at radius 3 is 2.38 bits per heavy atom. The number of carbonyl (C=O) groups is 1. The summed E-state index contributed by atoms with van der Waals surface area (Å²) in [5.74, 6) is 0.400. The Labute approximate surface area is 122 Å². The van der Waals surface area contributed by atoms with Crippen LogP contribution in [-0.4, -0.2) is 19.5 Å². The summed E-state index contributed by atoms with van der Waals surface area (Å²) in [5, 5.41) is 8.71. The molecule has 0 aromatic heterocycles. The number of nitrogens with zero attached hydrogens (tertiary/aromatic N) is 2. The number of ether oxygens (including phenoxy) is 2. The third-order valence-electron chi connectivity index (χ3n) is 2.61. The average Bonchev–Trinajstić information content (AvgIpc) is 2.54. The zero-order valence-electron chi connectivity index (χ0n) is 11.3. The van der Waals surface area contributed by atoms with E-state index < -0.39 is 6.16 Å². The highest BCUT2D eigenvalue weighted by Gasteiger charge is 2.02. The Bertz CT molecular complexity index is 683. The van der Waals surface area contributed by atoms with Gasteiger partial charge in [0.2, 0.25) is 0 Å². The fourth-order valence-corrected chi connectivity index (χ4v) is 1.53. The maximum absolute atomic E-state index is 10.9. The monoisotopic (exact) mass is 280 g/mol. The van der Waals surface area contributed by atoms with Gasteiger partial charge in [-0.25, -0.2) is 4.79 Å². The number of carbonyl (C=O) groups excluding carboxylic acids is 1. The maximum atomic E-state index is 10.9. The molecule has 0 amide bonds. The van der Waals surface area contributed by atoms with E-state index >= 15 is 0 Å². The molecule has 0 radical (unpaired) electrons. The Morgan fingerprint density at radius 2 is 1.81 bits per heavy atom. The molecular weight excluding hydrogens is 268 g/mol. The van der Waals surface area contributed by atoms with Gasteiger partial charge < -0.3 is 9.47 Å². The number of nitriles is 1. The van der Waals surface area contributed by atoms with Crippen LogP contribution in [0, 0.1) is 11.3 Å². The van der Waals surface area contributed by atoms with Gasteiger partial charge >= 0.3 is 6.16 Å². The van der Waals surface area contributed by atoms with Crippen LogP contribution in [0.25, 0.3) is 0 Å². The summed E-state index contributed by atoms with van der Waals surface area (Å²) in [7, 11) is 1.25. The van der Waals surface area contributed by atoms with Gasteiger partial charge in [-0.1, -0.05) is 0 Å². The van der Waals surface area contributed by atoms with Crippen molar-refractivity contribution in [3.8, 4) is 11.8 Å². The van der Waals surface area contributed by atoms with E-state index in [4.69, 9.17) is 10.00 Å². The van der Waals surface area contributed by atoms with E-state index in [1.54, 1.807) is 54.7 Å². The molecule has 0 saturated carbocycles. The fraction of sp³-hybridized carbons (Fsp3) is 0.0625. The van der Waals surface area contributed by atoms with Crippen molar-refractivity contribution in [1.29, 1.82) is 5.26 Å². The van der Waals surface area contributed by atoms with E-state index in [0.29, 0.717) is 11.3 Å². The second-order valence-corrected chi connectivity index (χ2v) is 4.04. The van der Waals surface area contributed by atoms with Crippen molar-refractivity contribution in [3.05, 3.63) is 59.7 Å². The smallest absolute Gasteiger partial charge is 0.437 e. The van der Waals surface area contributed by atoms with E-state index in [9.17, 15) is 4.79 Å². The minimum absolute atomic E-state index is 0.400. The van der Waals surface area contributed by atoms with Crippen molar-refractivity contribution in [2.45, 2.75) is 0 Å². The Morgan fingerprint density at radius 1 is 1.14 bits per heavy atom. The number of hydrogen-bond acceptors (Lipinski definition) is 5. The van der Waals surface area contributed by atoms with Crippen LogP contribution in [0.5, 0.6) is 5.75 Å². The van der Waals surface area contributed by atoms with Crippen molar-refractivity contribution in [2.75, 3.05) is 7.11 Å². The molecule has 0 heterocycles. The summed E-state index contributed by atoms with van der Waals surface area (Å²) in [6.07, 6.45) is 0.928. The van der Waals surface area contributed by atoms with E-state index in [0.717, 1.165) is 11.3 Å². The lowest BCUT2D eigenvalue weighted by Crippen LogP contribution is -2.06. The van der Waals surface area contributed by atoms with E-state index in [1.807, 2.05) is 0 Å². The predicted octanol–water partition coefficient (Wildman–Crippen LogP) is 3.45. The van der Waals surface area contributed by atoms with Crippen molar-refractivity contribution < 1.29 is 14.3 Å². The Hall–Kier alpha value is -3.13. The molecule has 0 aliphatic carbocycles. The highest BCUT2D eigenvalue weighted by molar-refractivity contribution is 5.82. The van der Waals surface area contributed by atoms with Crippen LogP contribution in [0.1, 0.15) is 11.1 Å². The quantitative estimate of drug-likeness (QED) is 0.490. The maximum Gasteiger partial charge on any atom is 0.513 e. The van der Waals surface area contributed by atoms with Gasteiger partial charge in [0.15, 0.2) is 0 Å². The van der Waals surface area contributed by atoms with Crippen molar-refractivity contribution in [3.63, 3.8) is 0 Å². The van der Waals surface area contributed by atoms with Gasteiger partial charge in [0.25, 0.3) is 0 Å². The molecule has 0 saturated heterocycles. The van der Waals surface area contributed by atoms with Crippen LogP contribution >= 0.6 is 0 Å². The molecule has 5 nitrogen and oxygen atoms in total. The van der Waals surface area contributed by atoms with Crippen LogP contribution in [0.3, 0.4) is 0 Å². The average molecular weight is 280 g/mol. The van der Waals surface area contributed by atoms with Crippen molar-refractivity contribution >= 4 is 18.1 Å². The summed E-state index contributed by atoms with van der Waals surface area (Å²) in [6.45, 7) is 0. The summed E-state index contributed by atoms with van der Waals surface area (Å²) < 4.78 is 9.27. The molecule has 0 aliphatic heterocycles. The summed E-state index contributed by atoms with van der Waals surface area (Å²) in [6, 6.07) is 15.8. The molecule has 0 unspecified atom stereocenters. The summed E-state index contributed by atoms with van der Waals surface area (Å²) in [4.78, 5) is 15.2. The van der Waals surface area contributed by atoms with Gasteiger partial charge in [0.1, 0.15) is 5.75 Å². The molecule has 0 spiro atoms. The SMILES string of the molecule is COC(=O)Oc1ccc(/C=N/c2ccc(C#N)cc2)cc1. The standard InChI is InChI=1S/C16H12N2O3/c1-20-16(19)21-15-8-4-13(5-9-15)11-18-14-6-2-12(10-17)3-7-14/h2-9,11H,1H3/b18-11+. The molecule has 21 heavy (non-hydrogen) atoms. The van der Waals surface area contributed by atoms with Crippen LogP contribution < -0.4 is 4.74 Å². The lowest BCUT2D eigenvalue weighted by atomic mass is 10.2. The number of rotatable bonds is 3. The minimum atomic E-state index is -0.756.